The standard InChI is InChI=1S/C21H22F2N4O/c1-26(2)10-11-27(14-15-6-7-18(22)19(23)12-15)21(28)25-20-5-3-4-16-13-24-9-8-17(16)20/h3-9,12-13H,10-11,14H2,1-2H3,(H,25,28). The number of nitrogens with one attached hydrogen (secondary N) is 1. The second kappa shape index (κ2) is 8.75. The summed E-state index contributed by atoms with van der Waals surface area (Å²) in [6, 6.07) is 10.8. The van der Waals surface area contributed by atoms with E-state index < -0.39 is 11.6 Å². The van der Waals surface area contributed by atoms with Crippen LogP contribution in [0.15, 0.2) is 54.9 Å². The third-order valence-corrected chi connectivity index (χ3v) is 4.38. The highest BCUT2D eigenvalue weighted by molar-refractivity contribution is 6.01. The molecule has 3 aromatic rings. The molecule has 0 aliphatic carbocycles. The van der Waals surface area contributed by atoms with Gasteiger partial charge in [-0.2, -0.15) is 0 Å². The molecule has 0 unspecified atom stereocenters. The maximum atomic E-state index is 13.6. The van der Waals surface area contributed by atoms with Crippen LogP contribution >= 0.6 is 0 Å². The number of amides is 2. The zero-order chi connectivity index (χ0) is 20.1. The van der Waals surface area contributed by atoms with Crippen LogP contribution in [-0.4, -0.2) is 48.0 Å². The zero-order valence-electron chi connectivity index (χ0n) is 15.8. The number of nitrogens with zero attached hydrogens (tertiary/aromatic N) is 3. The third kappa shape index (κ3) is 4.80. The van der Waals surface area contributed by atoms with Gasteiger partial charge in [0.2, 0.25) is 0 Å². The molecule has 0 spiro atoms. The number of anilines is 1. The molecule has 0 atom stereocenters. The topological polar surface area (TPSA) is 48.5 Å². The lowest BCUT2D eigenvalue weighted by molar-refractivity contribution is 0.202. The first-order valence-electron chi connectivity index (χ1n) is 8.91. The number of carbonyl (C=O) groups excluding carboxylic acids is 1. The molecule has 0 bridgehead atoms. The van der Waals surface area contributed by atoms with E-state index in [4.69, 9.17) is 0 Å². The van der Waals surface area contributed by atoms with Crippen molar-refractivity contribution in [2.45, 2.75) is 6.54 Å². The second-order valence-corrected chi connectivity index (χ2v) is 6.81. The fraction of sp³-hybridized carbons (Fsp3) is 0.238. The average molecular weight is 384 g/mol. The molecule has 146 valence electrons. The van der Waals surface area contributed by atoms with Gasteiger partial charge in [-0.15, -0.1) is 0 Å². The van der Waals surface area contributed by atoms with Crippen LogP contribution in [0.1, 0.15) is 5.56 Å². The van der Waals surface area contributed by atoms with Crippen molar-refractivity contribution < 1.29 is 13.6 Å². The highest BCUT2D eigenvalue weighted by Crippen LogP contribution is 2.23. The Morgan fingerprint density at radius 1 is 1.07 bits per heavy atom. The lowest BCUT2D eigenvalue weighted by atomic mass is 10.1. The van der Waals surface area contributed by atoms with Gasteiger partial charge in [0.15, 0.2) is 11.6 Å². The van der Waals surface area contributed by atoms with Crippen LogP contribution < -0.4 is 5.32 Å². The van der Waals surface area contributed by atoms with Gasteiger partial charge in [0, 0.05) is 42.8 Å². The predicted molar refractivity (Wildman–Crippen MR) is 106 cm³/mol. The van der Waals surface area contributed by atoms with E-state index in [-0.39, 0.29) is 12.6 Å². The summed E-state index contributed by atoms with van der Waals surface area (Å²) in [5.74, 6) is -1.83. The van der Waals surface area contributed by atoms with Gasteiger partial charge in [-0.05, 0) is 43.9 Å². The number of likely N-dealkylation sites (N-methyl/N-ethyl adjacent to an activating group) is 1. The molecule has 0 fully saturated rings. The van der Waals surface area contributed by atoms with Crippen molar-refractivity contribution in [1.82, 2.24) is 14.8 Å². The zero-order valence-corrected chi connectivity index (χ0v) is 15.8. The smallest absolute Gasteiger partial charge is 0.319 e. The first kappa shape index (κ1) is 19.7. The van der Waals surface area contributed by atoms with Crippen molar-refractivity contribution in [3.8, 4) is 0 Å². The largest absolute Gasteiger partial charge is 0.322 e. The van der Waals surface area contributed by atoms with Gasteiger partial charge in [-0.3, -0.25) is 4.98 Å². The van der Waals surface area contributed by atoms with Gasteiger partial charge in [0.25, 0.3) is 0 Å². The number of aromatic nitrogens is 1. The summed E-state index contributed by atoms with van der Waals surface area (Å²) in [4.78, 5) is 20.6. The monoisotopic (exact) mass is 384 g/mol. The number of hydrogen-bond acceptors (Lipinski definition) is 3. The van der Waals surface area contributed by atoms with Crippen LogP contribution in [-0.2, 0) is 6.54 Å². The van der Waals surface area contributed by atoms with Gasteiger partial charge in [-0.1, -0.05) is 18.2 Å². The number of halogens is 2. The number of fused-ring (bicyclic) bond motifs is 1. The van der Waals surface area contributed by atoms with Crippen molar-refractivity contribution in [2.24, 2.45) is 0 Å². The molecule has 1 aromatic heterocycles. The van der Waals surface area contributed by atoms with E-state index in [1.54, 1.807) is 17.3 Å². The first-order chi connectivity index (χ1) is 13.4. The maximum Gasteiger partial charge on any atom is 0.322 e. The molecule has 7 heteroatoms. The summed E-state index contributed by atoms with van der Waals surface area (Å²) in [7, 11) is 3.82. The maximum absolute atomic E-state index is 13.6. The number of rotatable bonds is 6. The second-order valence-electron chi connectivity index (χ2n) is 6.81. The first-order valence-corrected chi connectivity index (χ1v) is 8.91. The molecule has 2 aromatic carbocycles. The van der Waals surface area contributed by atoms with Gasteiger partial charge in [0.05, 0.1) is 5.69 Å². The van der Waals surface area contributed by atoms with E-state index in [2.05, 4.69) is 10.3 Å². The van der Waals surface area contributed by atoms with Crippen LogP contribution in [0.25, 0.3) is 10.8 Å². The summed E-state index contributed by atoms with van der Waals surface area (Å²) >= 11 is 0. The Labute approximate surface area is 162 Å². The molecule has 1 N–H and O–H groups in total. The van der Waals surface area contributed by atoms with E-state index in [9.17, 15) is 13.6 Å². The minimum absolute atomic E-state index is 0.170. The van der Waals surface area contributed by atoms with E-state index in [0.29, 0.717) is 24.3 Å². The van der Waals surface area contributed by atoms with E-state index in [1.165, 1.54) is 6.07 Å². The fourth-order valence-corrected chi connectivity index (χ4v) is 2.86. The van der Waals surface area contributed by atoms with Gasteiger partial charge >= 0.3 is 6.03 Å². The molecule has 0 aliphatic rings. The van der Waals surface area contributed by atoms with Gasteiger partial charge in [0.1, 0.15) is 0 Å². The van der Waals surface area contributed by atoms with Gasteiger partial charge in [-0.25, -0.2) is 13.6 Å². The van der Waals surface area contributed by atoms with Gasteiger partial charge < -0.3 is 15.1 Å². The number of carbonyl (C=O) groups is 1. The number of hydrogen-bond donors (Lipinski definition) is 1. The van der Waals surface area contributed by atoms with Crippen molar-refractivity contribution >= 4 is 22.5 Å². The third-order valence-electron chi connectivity index (χ3n) is 4.38. The quantitative estimate of drug-likeness (QED) is 0.696. The molecule has 3 rings (SSSR count). The number of benzene rings is 2. The Balaban J connectivity index is 1.82. The highest BCUT2D eigenvalue weighted by atomic mass is 19.2. The van der Waals surface area contributed by atoms with E-state index in [0.717, 1.165) is 22.9 Å². The van der Waals surface area contributed by atoms with E-state index in [1.807, 2.05) is 43.3 Å². The van der Waals surface area contributed by atoms with Crippen LogP contribution in [0, 0.1) is 11.6 Å². The normalized spacial score (nSPS) is 11.0. The molecule has 0 saturated heterocycles. The summed E-state index contributed by atoms with van der Waals surface area (Å²) in [6.45, 7) is 1.24. The Bertz CT molecular complexity index is 972. The Kier molecular flexibility index (Phi) is 6.16. The number of urea groups is 1. The SMILES string of the molecule is CN(C)CCN(Cc1ccc(F)c(F)c1)C(=O)Nc1cccc2cnccc12. The van der Waals surface area contributed by atoms with Crippen LogP contribution in [0.2, 0.25) is 0 Å². The molecule has 5 nitrogen and oxygen atoms in total. The Morgan fingerprint density at radius 2 is 1.89 bits per heavy atom. The fourth-order valence-electron chi connectivity index (χ4n) is 2.86. The molecule has 28 heavy (non-hydrogen) atoms. The Hall–Kier alpha value is -3.06. The average Bonchev–Trinajstić information content (AvgIpc) is 2.68. The molecule has 0 saturated carbocycles. The van der Waals surface area contributed by atoms with Crippen molar-refractivity contribution in [3.63, 3.8) is 0 Å². The molecule has 0 radical (unpaired) electrons. The molecule has 0 aliphatic heterocycles. The molecule has 2 amide bonds. The summed E-state index contributed by atoms with van der Waals surface area (Å²) in [6.07, 6.45) is 3.40. The summed E-state index contributed by atoms with van der Waals surface area (Å²) in [5.41, 5.74) is 1.19. The molecular formula is C21H22F2N4O. The van der Waals surface area contributed by atoms with Crippen LogP contribution in [0.5, 0.6) is 0 Å². The van der Waals surface area contributed by atoms with Crippen LogP contribution in [0.3, 0.4) is 0 Å². The predicted octanol–water partition coefficient (Wildman–Crippen LogP) is 4.11. The van der Waals surface area contributed by atoms with Crippen molar-refractivity contribution in [2.75, 3.05) is 32.5 Å². The Morgan fingerprint density at radius 3 is 2.64 bits per heavy atom. The minimum atomic E-state index is -0.924. The van der Waals surface area contributed by atoms with Crippen LogP contribution in [0.4, 0.5) is 19.3 Å². The lowest BCUT2D eigenvalue weighted by Gasteiger charge is -2.25. The summed E-state index contributed by atoms with van der Waals surface area (Å²) < 4.78 is 26.8. The minimum Gasteiger partial charge on any atom is -0.319 e. The van der Waals surface area contributed by atoms with Crippen molar-refractivity contribution in [3.05, 3.63) is 72.1 Å². The highest BCUT2D eigenvalue weighted by Gasteiger charge is 2.16. The summed E-state index contributed by atoms with van der Waals surface area (Å²) in [5, 5.41) is 4.73. The van der Waals surface area contributed by atoms with Crippen molar-refractivity contribution in [1.29, 1.82) is 0 Å². The molecular weight excluding hydrogens is 362 g/mol. The number of pyridine rings is 1. The lowest BCUT2D eigenvalue weighted by Crippen LogP contribution is -2.39. The molecule has 1 heterocycles. The van der Waals surface area contributed by atoms with E-state index >= 15 is 0 Å².